The van der Waals surface area contributed by atoms with Crippen molar-refractivity contribution in [1.82, 2.24) is 10.2 Å². The van der Waals surface area contributed by atoms with Crippen LogP contribution in [0, 0.1) is 0 Å². The molecule has 1 atom stereocenters. The van der Waals surface area contributed by atoms with Gasteiger partial charge < -0.3 is 10.2 Å². The topological polar surface area (TPSA) is 15.3 Å². The van der Waals surface area contributed by atoms with E-state index in [1.807, 2.05) is 6.07 Å². The fraction of sp³-hybridized carbons (Fsp3) is 0.538. The molecule has 3 heteroatoms. The normalized spacial score (nSPS) is 13.1. The predicted octanol–water partition coefficient (Wildman–Crippen LogP) is 3.05. The van der Waals surface area contributed by atoms with Gasteiger partial charge in [-0.15, -0.1) is 0 Å². The van der Waals surface area contributed by atoms with Crippen LogP contribution in [0.3, 0.4) is 0 Å². The summed E-state index contributed by atoms with van der Waals surface area (Å²) in [5, 5.41) is 3.53. The molecule has 0 heterocycles. The van der Waals surface area contributed by atoms with Gasteiger partial charge in [-0.2, -0.15) is 0 Å². The van der Waals surface area contributed by atoms with Crippen LogP contribution in [0.5, 0.6) is 0 Å². The molecular weight excluding hydrogens is 264 g/mol. The fourth-order valence-electron chi connectivity index (χ4n) is 1.57. The van der Waals surface area contributed by atoms with Gasteiger partial charge in [0.05, 0.1) is 0 Å². The Balaban J connectivity index is 2.41. The van der Waals surface area contributed by atoms with Gasteiger partial charge in [0, 0.05) is 23.6 Å². The minimum atomic E-state index is 0.390. The van der Waals surface area contributed by atoms with Crippen LogP contribution in [0.15, 0.2) is 28.7 Å². The van der Waals surface area contributed by atoms with Crippen molar-refractivity contribution in [2.45, 2.75) is 19.9 Å². The molecule has 0 aromatic heterocycles. The summed E-state index contributed by atoms with van der Waals surface area (Å²) in [5.74, 6) is 0. The summed E-state index contributed by atoms with van der Waals surface area (Å²) < 4.78 is 1.18. The summed E-state index contributed by atoms with van der Waals surface area (Å²) in [5.41, 5.74) is 1.32. The second kappa shape index (κ2) is 7.05. The van der Waals surface area contributed by atoms with Crippen LogP contribution in [0.1, 0.15) is 25.5 Å². The highest BCUT2D eigenvalue weighted by Gasteiger charge is 2.07. The summed E-state index contributed by atoms with van der Waals surface area (Å²) in [7, 11) is 2.14. The third-order valence-corrected chi connectivity index (χ3v) is 3.58. The monoisotopic (exact) mass is 284 g/mol. The summed E-state index contributed by atoms with van der Waals surface area (Å²) in [4.78, 5) is 2.31. The summed E-state index contributed by atoms with van der Waals surface area (Å²) in [6.45, 7) is 7.59. The van der Waals surface area contributed by atoms with Crippen LogP contribution < -0.4 is 5.32 Å². The van der Waals surface area contributed by atoms with Crippen LogP contribution in [0.2, 0.25) is 0 Å². The van der Waals surface area contributed by atoms with Gasteiger partial charge in [0.25, 0.3) is 0 Å². The number of hydrogen-bond donors (Lipinski definition) is 1. The minimum absolute atomic E-state index is 0.390. The molecule has 0 aliphatic heterocycles. The first-order valence-corrected chi connectivity index (χ1v) is 6.60. The van der Waals surface area contributed by atoms with Crippen molar-refractivity contribution in [3.05, 3.63) is 34.3 Å². The molecular formula is C13H21BrN2. The van der Waals surface area contributed by atoms with Gasteiger partial charge in [0.15, 0.2) is 0 Å². The highest BCUT2D eigenvalue weighted by Crippen LogP contribution is 2.22. The van der Waals surface area contributed by atoms with Gasteiger partial charge >= 0.3 is 0 Å². The number of rotatable bonds is 6. The molecule has 1 N–H and O–H groups in total. The van der Waals surface area contributed by atoms with E-state index in [0.717, 1.165) is 19.6 Å². The average molecular weight is 285 g/mol. The average Bonchev–Trinajstić information content (AvgIpc) is 2.29. The van der Waals surface area contributed by atoms with Crippen molar-refractivity contribution in [2.24, 2.45) is 0 Å². The summed E-state index contributed by atoms with van der Waals surface area (Å²) in [6, 6.07) is 8.76. The standard InChI is InChI=1S/C13H21BrN2/c1-4-16(3)10-9-15-11(2)12-7-5-6-8-13(12)14/h5-8,11,15H,4,9-10H2,1-3H3. The molecule has 0 radical (unpaired) electrons. The Labute approximate surface area is 107 Å². The Morgan fingerprint density at radius 1 is 1.38 bits per heavy atom. The van der Waals surface area contributed by atoms with E-state index in [1.165, 1.54) is 10.0 Å². The van der Waals surface area contributed by atoms with Crippen LogP contribution in [0.25, 0.3) is 0 Å². The second-order valence-corrected chi connectivity index (χ2v) is 4.95. The molecule has 1 unspecified atom stereocenters. The van der Waals surface area contributed by atoms with Crippen LogP contribution >= 0.6 is 15.9 Å². The molecule has 0 saturated heterocycles. The van der Waals surface area contributed by atoms with Gasteiger partial charge in [-0.25, -0.2) is 0 Å². The molecule has 90 valence electrons. The molecule has 0 spiro atoms. The zero-order valence-corrected chi connectivity index (χ0v) is 11.9. The molecule has 0 aliphatic rings. The molecule has 0 bridgehead atoms. The molecule has 0 saturated carbocycles. The summed E-state index contributed by atoms with van der Waals surface area (Å²) >= 11 is 3.58. The van der Waals surface area contributed by atoms with Crippen molar-refractivity contribution in [3.8, 4) is 0 Å². The van der Waals surface area contributed by atoms with Crippen molar-refractivity contribution in [2.75, 3.05) is 26.7 Å². The zero-order valence-electron chi connectivity index (χ0n) is 10.3. The maximum Gasteiger partial charge on any atom is 0.0303 e. The molecule has 2 nitrogen and oxygen atoms in total. The Hall–Kier alpha value is -0.380. The number of nitrogens with zero attached hydrogens (tertiary/aromatic N) is 1. The molecule has 1 rings (SSSR count). The van der Waals surface area contributed by atoms with Crippen LogP contribution in [0.4, 0.5) is 0 Å². The largest absolute Gasteiger partial charge is 0.309 e. The van der Waals surface area contributed by atoms with E-state index in [-0.39, 0.29) is 0 Å². The first-order valence-electron chi connectivity index (χ1n) is 5.81. The third kappa shape index (κ3) is 4.24. The smallest absolute Gasteiger partial charge is 0.0303 e. The molecule has 1 aromatic carbocycles. The number of hydrogen-bond acceptors (Lipinski definition) is 2. The highest BCUT2D eigenvalue weighted by molar-refractivity contribution is 9.10. The minimum Gasteiger partial charge on any atom is -0.309 e. The van der Waals surface area contributed by atoms with E-state index >= 15 is 0 Å². The number of benzene rings is 1. The van der Waals surface area contributed by atoms with Gasteiger partial charge in [-0.1, -0.05) is 41.1 Å². The van der Waals surface area contributed by atoms with E-state index in [1.54, 1.807) is 0 Å². The first kappa shape index (κ1) is 13.7. The van der Waals surface area contributed by atoms with Gasteiger partial charge in [0.2, 0.25) is 0 Å². The Morgan fingerprint density at radius 3 is 2.69 bits per heavy atom. The number of likely N-dealkylation sites (N-methyl/N-ethyl adjacent to an activating group) is 1. The lowest BCUT2D eigenvalue weighted by Gasteiger charge is -2.19. The second-order valence-electron chi connectivity index (χ2n) is 4.09. The number of halogens is 1. The van der Waals surface area contributed by atoms with E-state index < -0.39 is 0 Å². The van der Waals surface area contributed by atoms with Crippen molar-refractivity contribution in [3.63, 3.8) is 0 Å². The molecule has 1 aromatic rings. The Morgan fingerprint density at radius 2 is 2.06 bits per heavy atom. The third-order valence-electron chi connectivity index (χ3n) is 2.86. The van der Waals surface area contributed by atoms with Crippen LogP contribution in [-0.2, 0) is 0 Å². The van der Waals surface area contributed by atoms with E-state index in [2.05, 4.69) is 65.2 Å². The van der Waals surface area contributed by atoms with Crippen molar-refractivity contribution < 1.29 is 0 Å². The SMILES string of the molecule is CCN(C)CCNC(C)c1ccccc1Br. The lowest BCUT2D eigenvalue weighted by atomic mass is 10.1. The Bertz CT molecular complexity index is 315. The molecule has 0 amide bonds. The lowest BCUT2D eigenvalue weighted by molar-refractivity contribution is 0.342. The Kier molecular flexibility index (Phi) is 6.03. The van der Waals surface area contributed by atoms with Gasteiger partial charge in [-0.05, 0) is 32.1 Å². The maximum atomic E-state index is 3.58. The predicted molar refractivity (Wildman–Crippen MR) is 73.7 cm³/mol. The maximum absolute atomic E-state index is 3.58. The fourth-order valence-corrected chi connectivity index (χ4v) is 2.19. The van der Waals surface area contributed by atoms with Crippen molar-refractivity contribution in [1.29, 1.82) is 0 Å². The highest BCUT2D eigenvalue weighted by atomic mass is 79.9. The molecule has 0 fully saturated rings. The van der Waals surface area contributed by atoms with E-state index in [9.17, 15) is 0 Å². The quantitative estimate of drug-likeness (QED) is 0.864. The van der Waals surface area contributed by atoms with Crippen molar-refractivity contribution >= 4 is 15.9 Å². The van der Waals surface area contributed by atoms with Crippen LogP contribution in [-0.4, -0.2) is 31.6 Å². The van der Waals surface area contributed by atoms with Gasteiger partial charge in [-0.3, -0.25) is 0 Å². The number of nitrogens with one attached hydrogen (secondary N) is 1. The zero-order chi connectivity index (χ0) is 12.0. The molecule has 0 aliphatic carbocycles. The van der Waals surface area contributed by atoms with E-state index in [0.29, 0.717) is 6.04 Å². The summed E-state index contributed by atoms with van der Waals surface area (Å²) in [6.07, 6.45) is 0. The van der Waals surface area contributed by atoms with Gasteiger partial charge in [0.1, 0.15) is 0 Å². The van der Waals surface area contributed by atoms with E-state index in [4.69, 9.17) is 0 Å². The first-order chi connectivity index (χ1) is 7.65. The molecule has 16 heavy (non-hydrogen) atoms. The lowest BCUT2D eigenvalue weighted by Crippen LogP contribution is -2.30.